The van der Waals surface area contributed by atoms with E-state index in [4.69, 9.17) is 0 Å². The van der Waals surface area contributed by atoms with Crippen molar-refractivity contribution in [2.45, 2.75) is 51.9 Å². The van der Waals surface area contributed by atoms with Crippen LogP contribution in [0.15, 0.2) is 0 Å². The van der Waals surface area contributed by atoms with Crippen LogP contribution >= 0.6 is 12.4 Å². The average molecular weight is 315 g/mol. The van der Waals surface area contributed by atoms with Crippen molar-refractivity contribution in [3.63, 3.8) is 0 Å². The zero-order valence-corrected chi connectivity index (χ0v) is 14.2. The number of halogens is 1. The van der Waals surface area contributed by atoms with Crippen LogP contribution in [0.3, 0.4) is 0 Å². The van der Waals surface area contributed by atoms with Crippen molar-refractivity contribution in [2.24, 2.45) is 23.7 Å². The molecule has 2 atom stereocenters. The first-order valence-electron chi connectivity index (χ1n) is 8.77. The lowest BCUT2D eigenvalue weighted by molar-refractivity contribution is -0.136. The SMILES string of the molecule is CCCCC1CCC(C(=O)N2C[C@H]3CNC[C@H]3C2)CC1.Cl. The lowest BCUT2D eigenvalue weighted by Gasteiger charge is -2.30. The minimum Gasteiger partial charge on any atom is -0.342 e. The molecule has 0 bridgehead atoms. The molecule has 4 heteroatoms. The van der Waals surface area contributed by atoms with Gasteiger partial charge < -0.3 is 10.2 Å². The van der Waals surface area contributed by atoms with Gasteiger partial charge in [-0.1, -0.05) is 26.2 Å². The van der Waals surface area contributed by atoms with Crippen molar-refractivity contribution < 1.29 is 4.79 Å². The fraction of sp³-hybridized carbons (Fsp3) is 0.941. The Kier molecular flexibility index (Phi) is 6.36. The van der Waals surface area contributed by atoms with Gasteiger partial charge in [0.25, 0.3) is 0 Å². The van der Waals surface area contributed by atoms with Gasteiger partial charge in [-0.3, -0.25) is 4.79 Å². The topological polar surface area (TPSA) is 32.3 Å². The van der Waals surface area contributed by atoms with Gasteiger partial charge in [-0.25, -0.2) is 0 Å². The quantitative estimate of drug-likeness (QED) is 0.865. The van der Waals surface area contributed by atoms with Crippen molar-refractivity contribution in [2.75, 3.05) is 26.2 Å². The van der Waals surface area contributed by atoms with Crippen LogP contribution in [0.1, 0.15) is 51.9 Å². The van der Waals surface area contributed by atoms with Crippen LogP contribution in [0, 0.1) is 23.7 Å². The number of likely N-dealkylation sites (tertiary alicyclic amines) is 1. The molecule has 3 nitrogen and oxygen atoms in total. The third-order valence-electron chi connectivity index (χ3n) is 5.86. The van der Waals surface area contributed by atoms with E-state index in [0.717, 1.165) is 56.8 Å². The third-order valence-corrected chi connectivity index (χ3v) is 5.86. The molecule has 0 spiro atoms. The standard InChI is InChI=1S/C17H30N2O.ClH/c1-2-3-4-13-5-7-14(8-6-13)17(20)19-11-15-9-18-10-16(15)12-19;/h13-16,18H,2-12H2,1H3;1H/t13?,14?,15-,16+;. The van der Waals surface area contributed by atoms with Gasteiger partial charge in [-0.05, 0) is 43.4 Å². The Labute approximate surface area is 135 Å². The van der Waals surface area contributed by atoms with Crippen molar-refractivity contribution in [3.8, 4) is 0 Å². The molecule has 3 rings (SSSR count). The predicted octanol–water partition coefficient (Wildman–Crippen LogP) is 3.08. The van der Waals surface area contributed by atoms with Crippen molar-refractivity contribution in [1.29, 1.82) is 0 Å². The first-order chi connectivity index (χ1) is 9.78. The maximum absolute atomic E-state index is 12.7. The Hall–Kier alpha value is -0.280. The summed E-state index contributed by atoms with van der Waals surface area (Å²) in [5.74, 6) is 3.20. The molecule has 0 unspecified atom stereocenters. The summed E-state index contributed by atoms with van der Waals surface area (Å²) in [6.45, 7) is 6.56. The second kappa shape index (κ2) is 7.82. The molecule has 1 amide bonds. The second-order valence-electron chi connectivity index (χ2n) is 7.28. The van der Waals surface area contributed by atoms with E-state index in [2.05, 4.69) is 17.1 Å². The normalized spacial score (nSPS) is 35.4. The molecular weight excluding hydrogens is 284 g/mol. The van der Waals surface area contributed by atoms with E-state index in [1.807, 2.05) is 0 Å². The van der Waals surface area contributed by atoms with Crippen LogP contribution in [0.4, 0.5) is 0 Å². The van der Waals surface area contributed by atoms with Gasteiger partial charge in [-0.15, -0.1) is 12.4 Å². The van der Waals surface area contributed by atoms with Crippen LogP contribution in [0.25, 0.3) is 0 Å². The monoisotopic (exact) mass is 314 g/mol. The van der Waals surface area contributed by atoms with Crippen molar-refractivity contribution in [1.82, 2.24) is 10.2 Å². The summed E-state index contributed by atoms with van der Waals surface area (Å²) in [5.41, 5.74) is 0. The van der Waals surface area contributed by atoms with Crippen molar-refractivity contribution >= 4 is 18.3 Å². The number of fused-ring (bicyclic) bond motifs is 1. The molecule has 3 aliphatic rings. The molecule has 2 aliphatic heterocycles. The number of hydrogen-bond donors (Lipinski definition) is 1. The Morgan fingerprint density at radius 3 is 2.29 bits per heavy atom. The Morgan fingerprint density at radius 1 is 1.10 bits per heavy atom. The number of hydrogen-bond acceptors (Lipinski definition) is 2. The second-order valence-corrected chi connectivity index (χ2v) is 7.28. The molecule has 2 heterocycles. The molecule has 0 aromatic carbocycles. The zero-order valence-electron chi connectivity index (χ0n) is 13.4. The van der Waals surface area contributed by atoms with E-state index in [1.165, 1.54) is 32.1 Å². The molecule has 1 N–H and O–H groups in total. The highest BCUT2D eigenvalue weighted by Gasteiger charge is 2.40. The van der Waals surface area contributed by atoms with E-state index in [0.29, 0.717) is 11.8 Å². The van der Waals surface area contributed by atoms with E-state index in [-0.39, 0.29) is 12.4 Å². The number of rotatable bonds is 4. The van der Waals surface area contributed by atoms with Crippen molar-refractivity contribution in [3.05, 3.63) is 0 Å². The summed E-state index contributed by atoms with van der Waals surface area (Å²) in [5, 5.41) is 3.45. The minimum absolute atomic E-state index is 0. The number of carbonyl (C=O) groups is 1. The minimum atomic E-state index is 0. The Balaban J connectivity index is 0.00000161. The van der Waals surface area contributed by atoms with E-state index >= 15 is 0 Å². The highest BCUT2D eigenvalue weighted by molar-refractivity contribution is 5.85. The summed E-state index contributed by atoms with van der Waals surface area (Å²) in [7, 11) is 0. The fourth-order valence-corrected chi connectivity index (χ4v) is 4.48. The first-order valence-corrected chi connectivity index (χ1v) is 8.77. The van der Waals surface area contributed by atoms with Crippen LogP contribution < -0.4 is 5.32 Å². The number of amides is 1. The molecule has 21 heavy (non-hydrogen) atoms. The maximum atomic E-state index is 12.7. The summed E-state index contributed by atoms with van der Waals surface area (Å²) >= 11 is 0. The highest BCUT2D eigenvalue weighted by Crippen LogP contribution is 2.35. The van der Waals surface area contributed by atoms with E-state index < -0.39 is 0 Å². The van der Waals surface area contributed by atoms with Gasteiger partial charge in [0.15, 0.2) is 0 Å². The van der Waals surface area contributed by atoms with Crippen LogP contribution in [0.2, 0.25) is 0 Å². The zero-order chi connectivity index (χ0) is 13.9. The predicted molar refractivity (Wildman–Crippen MR) is 88.7 cm³/mol. The van der Waals surface area contributed by atoms with Gasteiger partial charge >= 0.3 is 0 Å². The van der Waals surface area contributed by atoms with Gasteiger partial charge in [0, 0.05) is 32.1 Å². The third kappa shape index (κ3) is 3.92. The number of nitrogens with zero attached hydrogens (tertiary/aromatic N) is 1. The van der Waals surface area contributed by atoms with E-state index in [9.17, 15) is 4.79 Å². The molecule has 1 aliphatic carbocycles. The van der Waals surface area contributed by atoms with Crippen LogP contribution in [-0.4, -0.2) is 37.0 Å². The molecule has 0 radical (unpaired) electrons. The molecule has 2 saturated heterocycles. The molecule has 0 aromatic heterocycles. The summed E-state index contributed by atoms with van der Waals surface area (Å²) < 4.78 is 0. The molecule has 3 fully saturated rings. The van der Waals surface area contributed by atoms with E-state index in [1.54, 1.807) is 0 Å². The Bertz CT molecular complexity index is 330. The summed E-state index contributed by atoms with van der Waals surface area (Å²) in [4.78, 5) is 14.8. The largest absolute Gasteiger partial charge is 0.342 e. The van der Waals surface area contributed by atoms with Crippen LogP contribution in [-0.2, 0) is 4.79 Å². The highest BCUT2D eigenvalue weighted by atomic mass is 35.5. The summed E-state index contributed by atoms with van der Waals surface area (Å²) in [6, 6.07) is 0. The number of nitrogens with one attached hydrogen (secondary N) is 1. The van der Waals surface area contributed by atoms with Crippen LogP contribution in [0.5, 0.6) is 0 Å². The average Bonchev–Trinajstić information content (AvgIpc) is 3.06. The van der Waals surface area contributed by atoms with Gasteiger partial charge in [0.1, 0.15) is 0 Å². The number of unbranched alkanes of at least 4 members (excludes halogenated alkanes) is 1. The van der Waals surface area contributed by atoms with Gasteiger partial charge in [0.2, 0.25) is 5.91 Å². The fourth-order valence-electron chi connectivity index (χ4n) is 4.48. The maximum Gasteiger partial charge on any atom is 0.225 e. The lowest BCUT2D eigenvalue weighted by atomic mass is 9.79. The summed E-state index contributed by atoms with van der Waals surface area (Å²) in [6.07, 6.45) is 8.94. The first kappa shape index (κ1) is 17.1. The Morgan fingerprint density at radius 2 is 1.71 bits per heavy atom. The van der Waals surface area contributed by atoms with Gasteiger partial charge in [0.05, 0.1) is 0 Å². The molecular formula is C17H31ClN2O. The molecule has 1 saturated carbocycles. The van der Waals surface area contributed by atoms with Gasteiger partial charge in [-0.2, -0.15) is 0 Å². The number of carbonyl (C=O) groups excluding carboxylic acids is 1. The lowest BCUT2D eigenvalue weighted by Crippen LogP contribution is -2.38. The molecule has 0 aromatic rings. The molecule has 122 valence electrons. The smallest absolute Gasteiger partial charge is 0.225 e.